The van der Waals surface area contributed by atoms with E-state index in [4.69, 9.17) is 9.47 Å². The molecule has 5 nitrogen and oxygen atoms in total. The Bertz CT molecular complexity index is 995. The van der Waals surface area contributed by atoms with Crippen LogP contribution in [0, 0.1) is 0 Å². The summed E-state index contributed by atoms with van der Waals surface area (Å²) in [5, 5.41) is 0. The topological polar surface area (TPSA) is 47.5 Å². The molecule has 2 aromatic carbocycles. The van der Waals surface area contributed by atoms with E-state index in [1.165, 1.54) is 4.90 Å². The molecule has 0 amide bonds. The number of aromatic nitrogens is 2. The molecule has 0 aliphatic carbocycles. The van der Waals surface area contributed by atoms with Crippen LogP contribution in [0.1, 0.15) is 31.9 Å². The molecule has 0 atom stereocenters. The zero-order valence-electron chi connectivity index (χ0n) is 17.6. The molecule has 1 heterocycles. The Hall–Kier alpha value is -3.29. The summed E-state index contributed by atoms with van der Waals surface area (Å²) in [4.78, 5) is 9.39. The first kappa shape index (κ1) is 22.4. The second kappa shape index (κ2) is 9.68. The van der Waals surface area contributed by atoms with E-state index in [-0.39, 0.29) is 31.1 Å². The summed E-state index contributed by atoms with van der Waals surface area (Å²) in [6.07, 6.45) is -4.01. The van der Waals surface area contributed by atoms with Crippen molar-refractivity contribution >= 4 is 11.5 Å². The fourth-order valence-corrected chi connectivity index (χ4v) is 3.02. The van der Waals surface area contributed by atoms with Gasteiger partial charge in [-0.15, -0.1) is 0 Å². The molecule has 0 saturated heterocycles. The van der Waals surface area contributed by atoms with Crippen LogP contribution in [-0.2, 0) is 12.8 Å². The van der Waals surface area contributed by atoms with Crippen LogP contribution in [0.15, 0.2) is 60.8 Å². The van der Waals surface area contributed by atoms with Gasteiger partial charge in [-0.25, -0.2) is 4.98 Å². The van der Waals surface area contributed by atoms with Gasteiger partial charge < -0.3 is 14.4 Å². The molecule has 0 saturated carbocycles. The van der Waals surface area contributed by atoms with Crippen LogP contribution in [0.4, 0.5) is 24.7 Å². The third-order valence-corrected chi connectivity index (χ3v) is 4.35. The standard InChI is InChI=1S/C23H24F3N3O2/c1-4-29(19-12-8-9-13-20(19)31-16(2)3)21-18(23(24,25)26)14-27-22(28-21)30-15-17-10-6-5-7-11-17/h5-14,16H,4,15H2,1-3H3. The Morgan fingerprint density at radius 3 is 2.32 bits per heavy atom. The van der Waals surface area contributed by atoms with Crippen molar-refractivity contribution in [3.05, 3.63) is 71.9 Å². The molecule has 0 aliphatic heterocycles. The Morgan fingerprint density at radius 1 is 1.00 bits per heavy atom. The highest BCUT2D eigenvalue weighted by molar-refractivity contribution is 5.69. The summed E-state index contributed by atoms with van der Waals surface area (Å²) in [6.45, 7) is 5.84. The Morgan fingerprint density at radius 2 is 1.68 bits per heavy atom. The SMILES string of the molecule is CCN(c1ccccc1OC(C)C)c1nc(OCc2ccccc2)ncc1C(F)(F)F. The molecule has 0 unspecified atom stereocenters. The molecule has 3 aromatic rings. The van der Waals surface area contributed by atoms with E-state index in [1.54, 1.807) is 31.2 Å². The highest BCUT2D eigenvalue weighted by atomic mass is 19.4. The van der Waals surface area contributed by atoms with E-state index < -0.39 is 11.7 Å². The molecule has 164 valence electrons. The van der Waals surface area contributed by atoms with Crippen molar-refractivity contribution in [1.82, 2.24) is 9.97 Å². The van der Waals surface area contributed by atoms with E-state index in [9.17, 15) is 13.2 Å². The Labute approximate surface area is 179 Å². The van der Waals surface area contributed by atoms with E-state index in [0.717, 1.165) is 11.8 Å². The number of anilines is 2. The van der Waals surface area contributed by atoms with Gasteiger partial charge in [-0.2, -0.15) is 18.2 Å². The van der Waals surface area contributed by atoms with Gasteiger partial charge in [0.15, 0.2) is 5.82 Å². The van der Waals surface area contributed by atoms with Crippen molar-refractivity contribution in [3.63, 3.8) is 0 Å². The van der Waals surface area contributed by atoms with Crippen LogP contribution in [0.2, 0.25) is 0 Å². The molecule has 0 aliphatic rings. The molecule has 0 N–H and O–H groups in total. The molecule has 0 bridgehead atoms. The minimum atomic E-state index is -4.63. The molecule has 31 heavy (non-hydrogen) atoms. The molecule has 3 rings (SSSR count). The highest BCUT2D eigenvalue weighted by Gasteiger charge is 2.37. The van der Waals surface area contributed by atoms with E-state index in [0.29, 0.717) is 11.4 Å². The maximum Gasteiger partial charge on any atom is 0.421 e. The van der Waals surface area contributed by atoms with Crippen LogP contribution in [0.25, 0.3) is 0 Å². The highest BCUT2D eigenvalue weighted by Crippen LogP contribution is 2.41. The quantitative estimate of drug-likeness (QED) is 0.437. The van der Waals surface area contributed by atoms with Gasteiger partial charge in [-0.05, 0) is 38.5 Å². The van der Waals surface area contributed by atoms with Gasteiger partial charge in [-0.1, -0.05) is 42.5 Å². The average Bonchev–Trinajstić information content (AvgIpc) is 2.74. The van der Waals surface area contributed by atoms with Crippen LogP contribution < -0.4 is 14.4 Å². The third-order valence-electron chi connectivity index (χ3n) is 4.35. The van der Waals surface area contributed by atoms with Crippen LogP contribution >= 0.6 is 0 Å². The number of rotatable bonds is 8. The molecule has 8 heteroatoms. The smallest absolute Gasteiger partial charge is 0.421 e. The van der Waals surface area contributed by atoms with Gasteiger partial charge in [0.05, 0.1) is 11.8 Å². The first-order chi connectivity index (χ1) is 14.8. The second-order valence-corrected chi connectivity index (χ2v) is 7.04. The number of halogens is 3. The van der Waals surface area contributed by atoms with Crippen molar-refractivity contribution in [2.45, 2.75) is 39.7 Å². The molecule has 0 fully saturated rings. The monoisotopic (exact) mass is 431 g/mol. The molecular weight excluding hydrogens is 407 g/mol. The lowest BCUT2D eigenvalue weighted by Crippen LogP contribution is -2.24. The predicted octanol–water partition coefficient (Wildman–Crippen LogP) is 6.02. The molecule has 1 aromatic heterocycles. The molecule has 0 spiro atoms. The lowest BCUT2D eigenvalue weighted by molar-refractivity contribution is -0.137. The summed E-state index contributed by atoms with van der Waals surface area (Å²) in [6, 6.07) is 16.1. The lowest BCUT2D eigenvalue weighted by atomic mass is 10.2. The Balaban J connectivity index is 2.02. The summed E-state index contributed by atoms with van der Waals surface area (Å²) in [5.74, 6) is 0.186. The van der Waals surface area contributed by atoms with Gasteiger partial charge in [0, 0.05) is 12.7 Å². The maximum absolute atomic E-state index is 13.8. The predicted molar refractivity (Wildman–Crippen MR) is 113 cm³/mol. The normalized spacial score (nSPS) is 11.5. The van der Waals surface area contributed by atoms with Gasteiger partial charge in [0.25, 0.3) is 0 Å². The number of hydrogen-bond acceptors (Lipinski definition) is 5. The van der Waals surface area contributed by atoms with Crippen molar-refractivity contribution in [2.24, 2.45) is 0 Å². The average molecular weight is 431 g/mol. The minimum absolute atomic E-state index is 0.132. The number of hydrogen-bond donors (Lipinski definition) is 0. The zero-order chi connectivity index (χ0) is 22.4. The Kier molecular flexibility index (Phi) is 6.99. The van der Waals surface area contributed by atoms with Crippen molar-refractivity contribution < 1.29 is 22.6 Å². The van der Waals surface area contributed by atoms with Crippen molar-refractivity contribution in [1.29, 1.82) is 0 Å². The summed E-state index contributed by atoms with van der Waals surface area (Å²) >= 11 is 0. The first-order valence-electron chi connectivity index (χ1n) is 9.93. The van der Waals surface area contributed by atoms with Gasteiger partial charge in [-0.3, -0.25) is 0 Å². The maximum atomic E-state index is 13.8. The summed E-state index contributed by atoms with van der Waals surface area (Å²) < 4.78 is 52.7. The first-order valence-corrected chi connectivity index (χ1v) is 9.93. The zero-order valence-corrected chi connectivity index (χ0v) is 17.6. The molecule has 0 radical (unpaired) electrons. The molecular formula is C23H24F3N3O2. The number of para-hydroxylation sites is 2. The van der Waals surface area contributed by atoms with Crippen LogP contribution in [-0.4, -0.2) is 22.6 Å². The lowest BCUT2D eigenvalue weighted by Gasteiger charge is -2.27. The second-order valence-electron chi connectivity index (χ2n) is 7.04. The van der Waals surface area contributed by atoms with Crippen LogP contribution in [0.3, 0.4) is 0 Å². The van der Waals surface area contributed by atoms with Gasteiger partial charge in [0.2, 0.25) is 0 Å². The number of alkyl halides is 3. The number of ether oxygens (including phenoxy) is 2. The van der Waals surface area contributed by atoms with Gasteiger partial charge in [0.1, 0.15) is 17.9 Å². The summed E-state index contributed by atoms with van der Waals surface area (Å²) in [5.41, 5.74) is 0.397. The fourth-order valence-electron chi connectivity index (χ4n) is 3.02. The number of benzene rings is 2. The minimum Gasteiger partial charge on any atom is -0.489 e. The van der Waals surface area contributed by atoms with Crippen LogP contribution in [0.5, 0.6) is 11.8 Å². The van der Waals surface area contributed by atoms with Crippen molar-refractivity contribution in [2.75, 3.05) is 11.4 Å². The van der Waals surface area contributed by atoms with E-state index in [1.807, 2.05) is 44.2 Å². The third kappa shape index (κ3) is 5.65. The van der Waals surface area contributed by atoms with E-state index in [2.05, 4.69) is 9.97 Å². The fraction of sp³-hybridized carbons (Fsp3) is 0.304. The largest absolute Gasteiger partial charge is 0.489 e. The van der Waals surface area contributed by atoms with Crippen molar-refractivity contribution in [3.8, 4) is 11.8 Å². The number of nitrogens with zero attached hydrogens (tertiary/aromatic N) is 3. The van der Waals surface area contributed by atoms with E-state index >= 15 is 0 Å². The van der Waals surface area contributed by atoms with Gasteiger partial charge >= 0.3 is 12.2 Å². The summed E-state index contributed by atoms with van der Waals surface area (Å²) in [7, 11) is 0.